The van der Waals surface area contributed by atoms with Crippen LogP contribution in [0.3, 0.4) is 0 Å². The summed E-state index contributed by atoms with van der Waals surface area (Å²) in [6.45, 7) is 1.99. The van der Waals surface area contributed by atoms with E-state index < -0.39 is 0 Å². The first-order valence-electron chi connectivity index (χ1n) is 5.04. The van der Waals surface area contributed by atoms with E-state index in [1.54, 1.807) is 10.7 Å². The second kappa shape index (κ2) is 5.12. The lowest BCUT2D eigenvalue weighted by Gasteiger charge is -2.10. The molecule has 0 aliphatic rings. The van der Waals surface area contributed by atoms with E-state index in [1.165, 1.54) is 0 Å². The molecule has 0 aliphatic heterocycles. The minimum Gasteiger partial charge on any atom is -0.311 e. The fraction of sp³-hybridized carbons (Fsp3) is 0.300. The number of nitrogens with one attached hydrogen (secondary N) is 1. The molecule has 0 spiro atoms. The van der Waals surface area contributed by atoms with Crippen LogP contribution in [-0.2, 0) is 0 Å². The van der Waals surface area contributed by atoms with Crippen molar-refractivity contribution in [2.75, 3.05) is 7.05 Å². The highest BCUT2D eigenvalue weighted by atomic mass is 79.9. The Morgan fingerprint density at radius 3 is 2.88 bits per heavy atom. The molecule has 90 valence electrons. The van der Waals surface area contributed by atoms with Crippen LogP contribution in [0.2, 0.25) is 5.02 Å². The standard InChI is InChI=1S/C10H11BrClN5/c1-6(13-2)10-14-15-16-17(10)7-3-4-9(12)8(11)5-7/h3-6,13H,1-2H3. The lowest BCUT2D eigenvalue weighted by Crippen LogP contribution is -2.17. The van der Waals surface area contributed by atoms with Gasteiger partial charge in [0.2, 0.25) is 0 Å². The minimum atomic E-state index is 0.0689. The van der Waals surface area contributed by atoms with Crippen molar-refractivity contribution in [3.8, 4) is 5.69 Å². The topological polar surface area (TPSA) is 55.6 Å². The molecule has 1 heterocycles. The predicted molar refractivity (Wildman–Crippen MR) is 69.3 cm³/mol. The van der Waals surface area contributed by atoms with Crippen LogP contribution in [0.4, 0.5) is 0 Å². The average molecular weight is 317 g/mol. The third kappa shape index (κ3) is 2.48. The number of hydrogen-bond acceptors (Lipinski definition) is 4. The maximum absolute atomic E-state index is 5.95. The van der Waals surface area contributed by atoms with E-state index in [4.69, 9.17) is 11.6 Å². The first-order chi connectivity index (χ1) is 8.13. The average Bonchev–Trinajstić information content (AvgIpc) is 2.80. The number of halogens is 2. The smallest absolute Gasteiger partial charge is 0.173 e. The molecular weight excluding hydrogens is 306 g/mol. The van der Waals surface area contributed by atoms with E-state index in [9.17, 15) is 0 Å². The van der Waals surface area contributed by atoms with E-state index in [-0.39, 0.29) is 6.04 Å². The first-order valence-corrected chi connectivity index (χ1v) is 6.21. The number of hydrogen-bond donors (Lipinski definition) is 1. The monoisotopic (exact) mass is 315 g/mol. The highest BCUT2D eigenvalue weighted by molar-refractivity contribution is 9.10. The summed E-state index contributed by atoms with van der Waals surface area (Å²) in [5.74, 6) is 0.752. The molecule has 1 aromatic carbocycles. The van der Waals surface area contributed by atoms with Crippen LogP contribution in [-0.4, -0.2) is 27.3 Å². The summed E-state index contributed by atoms with van der Waals surface area (Å²) in [6.07, 6.45) is 0. The fourth-order valence-corrected chi connectivity index (χ4v) is 1.88. The molecule has 0 saturated carbocycles. The Balaban J connectivity index is 2.46. The van der Waals surface area contributed by atoms with Gasteiger partial charge in [0, 0.05) is 4.47 Å². The Morgan fingerprint density at radius 2 is 2.24 bits per heavy atom. The van der Waals surface area contributed by atoms with E-state index in [0.717, 1.165) is 16.0 Å². The second-order valence-electron chi connectivity index (χ2n) is 3.56. The van der Waals surface area contributed by atoms with Gasteiger partial charge >= 0.3 is 0 Å². The molecule has 0 saturated heterocycles. The molecule has 1 N–H and O–H groups in total. The first kappa shape index (κ1) is 12.5. The summed E-state index contributed by atoms with van der Waals surface area (Å²) in [5.41, 5.74) is 0.864. The lowest BCUT2D eigenvalue weighted by atomic mass is 10.3. The second-order valence-corrected chi connectivity index (χ2v) is 4.82. The molecule has 0 fully saturated rings. The van der Waals surface area contributed by atoms with Gasteiger partial charge in [-0.3, -0.25) is 0 Å². The summed E-state index contributed by atoms with van der Waals surface area (Å²) in [5, 5.41) is 15.4. The highest BCUT2D eigenvalue weighted by Crippen LogP contribution is 2.25. The molecule has 2 aromatic rings. The highest BCUT2D eigenvalue weighted by Gasteiger charge is 2.14. The van der Waals surface area contributed by atoms with Crippen molar-refractivity contribution in [1.29, 1.82) is 0 Å². The molecule has 7 heteroatoms. The Bertz CT molecular complexity index is 527. The Hall–Kier alpha value is -0.980. The normalized spacial score (nSPS) is 12.7. The van der Waals surface area contributed by atoms with Crippen molar-refractivity contribution in [3.05, 3.63) is 33.5 Å². The number of tetrazole rings is 1. The zero-order valence-corrected chi connectivity index (χ0v) is 11.7. The van der Waals surface area contributed by atoms with Crippen LogP contribution in [0.1, 0.15) is 18.8 Å². The van der Waals surface area contributed by atoms with Crippen LogP contribution < -0.4 is 5.32 Å². The molecule has 0 radical (unpaired) electrons. The van der Waals surface area contributed by atoms with Gasteiger partial charge in [-0.1, -0.05) is 11.6 Å². The zero-order chi connectivity index (χ0) is 12.4. The number of rotatable bonds is 3. The molecule has 17 heavy (non-hydrogen) atoms. The third-order valence-electron chi connectivity index (χ3n) is 2.46. The van der Waals surface area contributed by atoms with E-state index in [2.05, 4.69) is 36.8 Å². The van der Waals surface area contributed by atoms with E-state index in [0.29, 0.717) is 5.02 Å². The number of benzene rings is 1. The van der Waals surface area contributed by atoms with Crippen LogP contribution >= 0.6 is 27.5 Å². The van der Waals surface area contributed by atoms with Gasteiger partial charge in [0.15, 0.2) is 5.82 Å². The SMILES string of the molecule is CNC(C)c1nnnn1-c1ccc(Cl)c(Br)c1. The molecule has 1 aromatic heterocycles. The minimum absolute atomic E-state index is 0.0689. The van der Waals surface area contributed by atoms with Gasteiger partial charge in [-0.05, 0) is 58.5 Å². The van der Waals surface area contributed by atoms with Gasteiger partial charge in [-0.25, -0.2) is 0 Å². The van der Waals surface area contributed by atoms with Crippen LogP contribution in [0.25, 0.3) is 5.69 Å². The van der Waals surface area contributed by atoms with Crippen LogP contribution in [0.15, 0.2) is 22.7 Å². The summed E-state index contributed by atoms with van der Waals surface area (Å²) >= 11 is 9.33. The summed E-state index contributed by atoms with van der Waals surface area (Å²) in [6, 6.07) is 5.62. The summed E-state index contributed by atoms with van der Waals surface area (Å²) in [7, 11) is 1.86. The van der Waals surface area contributed by atoms with Gasteiger partial charge in [-0.2, -0.15) is 4.68 Å². The van der Waals surface area contributed by atoms with Gasteiger partial charge < -0.3 is 5.32 Å². The zero-order valence-electron chi connectivity index (χ0n) is 9.35. The van der Waals surface area contributed by atoms with Gasteiger partial charge in [-0.15, -0.1) is 5.10 Å². The lowest BCUT2D eigenvalue weighted by molar-refractivity contribution is 0.588. The summed E-state index contributed by atoms with van der Waals surface area (Å²) in [4.78, 5) is 0. The van der Waals surface area contributed by atoms with E-state index in [1.807, 2.05) is 26.1 Å². The van der Waals surface area contributed by atoms with Crippen molar-refractivity contribution >= 4 is 27.5 Å². The summed E-state index contributed by atoms with van der Waals surface area (Å²) < 4.78 is 2.50. The third-order valence-corrected chi connectivity index (χ3v) is 3.68. The van der Waals surface area contributed by atoms with Gasteiger partial charge in [0.1, 0.15) is 0 Å². The van der Waals surface area contributed by atoms with Crippen molar-refractivity contribution in [2.45, 2.75) is 13.0 Å². The van der Waals surface area contributed by atoms with E-state index >= 15 is 0 Å². The molecule has 1 unspecified atom stereocenters. The van der Waals surface area contributed by atoms with Crippen molar-refractivity contribution in [1.82, 2.24) is 25.5 Å². The number of aromatic nitrogens is 4. The Labute approximate surface area is 112 Å². The van der Waals surface area contributed by atoms with Gasteiger partial charge in [0.05, 0.1) is 16.8 Å². The maximum Gasteiger partial charge on any atom is 0.173 e. The van der Waals surface area contributed by atoms with Crippen molar-refractivity contribution < 1.29 is 0 Å². The Kier molecular flexibility index (Phi) is 3.76. The van der Waals surface area contributed by atoms with Crippen molar-refractivity contribution in [2.24, 2.45) is 0 Å². The largest absolute Gasteiger partial charge is 0.311 e. The van der Waals surface area contributed by atoms with Crippen LogP contribution in [0.5, 0.6) is 0 Å². The number of nitrogens with zero attached hydrogens (tertiary/aromatic N) is 4. The molecule has 2 rings (SSSR count). The van der Waals surface area contributed by atoms with Crippen LogP contribution in [0, 0.1) is 0 Å². The fourth-order valence-electron chi connectivity index (χ4n) is 1.39. The van der Waals surface area contributed by atoms with Gasteiger partial charge in [0.25, 0.3) is 0 Å². The maximum atomic E-state index is 5.95. The molecule has 0 aliphatic carbocycles. The molecule has 0 amide bonds. The quantitative estimate of drug-likeness (QED) is 0.944. The molecule has 5 nitrogen and oxygen atoms in total. The predicted octanol–water partition coefficient (Wildman–Crippen LogP) is 2.36. The van der Waals surface area contributed by atoms with Crippen molar-refractivity contribution in [3.63, 3.8) is 0 Å². The molecular formula is C10H11BrClN5. The molecule has 1 atom stereocenters. The molecule has 0 bridgehead atoms. The Morgan fingerprint density at radius 1 is 1.47 bits per heavy atom.